The molecule has 1 atom stereocenters. The Morgan fingerprint density at radius 1 is 1.42 bits per heavy atom. The summed E-state index contributed by atoms with van der Waals surface area (Å²) < 4.78 is 13.0. The summed E-state index contributed by atoms with van der Waals surface area (Å²) in [6, 6.07) is 8.16. The van der Waals surface area contributed by atoms with Crippen LogP contribution in [-0.2, 0) is 16.0 Å². The Hall–Kier alpha value is -1.85. The number of carbonyl (C=O) groups excluding carboxylic acids is 1. The van der Waals surface area contributed by atoms with Gasteiger partial charge in [0.05, 0.1) is 17.8 Å². The molecule has 1 aliphatic heterocycles. The summed E-state index contributed by atoms with van der Waals surface area (Å²) in [5, 5.41) is 4.17. The highest BCUT2D eigenvalue weighted by Crippen LogP contribution is 2.25. The second kappa shape index (κ2) is 6.95. The van der Waals surface area contributed by atoms with Crippen molar-refractivity contribution in [1.82, 2.24) is 9.88 Å². The molecule has 0 unspecified atom stereocenters. The number of benzene rings is 1. The van der Waals surface area contributed by atoms with Crippen molar-refractivity contribution >= 4 is 16.8 Å². The predicted octanol–water partition coefficient (Wildman–Crippen LogP) is 2.98. The molecule has 1 aliphatic rings. The summed E-state index contributed by atoms with van der Waals surface area (Å²) >= 11 is 0. The number of carbonyl (C=O) groups is 1. The molecular formula is C19H26N2O3. The van der Waals surface area contributed by atoms with Gasteiger partial charge in [0.2, 0.25) is 0 Å². The largest absolute Gasteiger partial charge is 0.383 e. The van der Waals surface area contributed by atoms with E-state index in [1.165, 1.54) is 0 Å². The van der Waals surface area contributed by atoms with Gasteiger partial charge in [0.15, 0.2) is 0 Å². The molecule has 2 aromatic rings. The van der Waals surface area contributed by atoms with Gasteiger partial charge in [0.1, 0.15) is 0 Å². The van der Waals surface area contributed by atoms with Crippen molar-refractivity contribution in [3.8, 4) is 0 Å². The second-order valence-electron chi connectivity index (χ2n) is 7.02. The number of aromatic nitrogens is 1. The van der Waals surface area contributed by atoms with E-state index in [9.17, 15) is 4.79 Å². The number of nitrogens with zero attached hydrogens (tertiary/aromatic N) is 1. The number of nitrogens with one attached hydrogen (secondary N) is 1. The average molecular weight is 330 g/mol. The van der Waals surface area contributed by atoms with Crippen molar-refractivity contribution in [3.05, 3.63) is 36.0 Å². The highest BCUT2D eigenvalue weighted by molar-refractivity contribution is 6.07. The third-order valence-corrected chi connectivity index (χ3v) is 4.60. The van der Waals surface area contributed by atoms with Crippen LogP contribution in [0.25, 0.3) is 10.9 Å². The van der Waals surface area contributed by atoms with Crippen LogP contribution in [0.5, 0.6) is 0 Å². The van der Waals surface area contributed by atoms with Gasteiger partial charge in [-0.1, -0.05) is 18.2 Å². The van der Waals surface area contributed by atoms with Crippen LogP contribution >= 0.6 is 0 Å². The maximum absolute atomic E-state index is 12.8. The van der Waals surface area contributed by atoms with Gasteiger partial charge in [-0.15, -0.1) is 0 Å². The van der Waals surface area contributed by atoms with Crippen LogP contribution in [-0.4, -0.2) is 42.4 Å². The number of para-hydroxylation sites is 1. The van der Waals surface area contributed by atoms with Crippen molar-refractivity contribution in [2.45, 2.75) is 44.9 Å². The van der Waals surface area contributed by atoms with Crippen molar-refractivity contribution in [1.29, 1.82) is 0 Å². The summed E-state index contributed by atoms with van der Waals surface area (Å²) in [5.74, 6) is -0.00920. The molecule has 3 rings (SSSR count). The summed E-state index contributed by atoms with van der Waals surface area (Å²) in [6.07, 6.45) is 3.63. The first-order valence-corrected chi connectivity index (χ1v) is 8.52. The lowest BCUT2D eigenvalue weighted by molar-refractivity contribution is -0.0615. The average Bonchev–Trinajstić information content (AvgIpc) is 2.91. The van der Waals surface area contributed by atoms with E-state index in [0.29, 0.717) is 13.2 Å². The molecule has 1 N–H and O–H groups in total. The highest BCUT2D eigenvalue weighted by atomic mass is 16.5. The van der Waals surface area contributed by atoms with E-state index in [2.05, 4.69) is 23.7 Å². The van der Waals surface area contributed by atoms with Gasteiger partial charge < -0.3 is 19.4 Å². The molecular weight excluding hydrogens is 304 g/mol. The van der Waals surface area contributed by atoms with Gasteiger partial charge in [-0.3, -0.25) is 4.79 Å². The predicted molar refractivity (Wildman–Crippen MR) is 94.3 cm³/mol. The number of fused-ring (bicyclic) bond motifs is 1. The Balaban J connectivity index is 1.82. The van der Waals surface area contributed by atoms with Crippen LogP contribution in [0.4, 0.5) is 0 Å². The van der Waals surface area contributed by atoms with E-state index in [1.807, 2.05) is 30.5 Å². The second-order valence-corrected chi connectivity index (χ2v) is 7.02. The minimum absolute atomic E-state index is 0.00920. The third-order valence-electron chi connectivity index (χ3n) is 4.60. The topological polar surface area (TPSA) is 52.5 Å². The Morgan fingerprint density at radius 3 is 2.96 bits per heavy atom. The van der Waals surface area contributed by atoms with Crippen LogP contribution in [0, 0.1) is 0 Å². The molecule has 0 spiro atoms. The minimum atomic E-state index is -0.178. The zero-order chi connectivity index (χ0) is 17.2. The lowest BCUT2D eigenvalue weighted by Gasteiger charge is -2.35. The van der Waals surface area contributed by atoms with Crippen LogP contribution in [0.3, 0.4) is 0 Å². The van der Waals surface area contributed by atoms with E-state index in [0.717, 1.165) is 35.9 Å². The lowest BCUT2D eigenvalue weighted by atomic mass is 9.94. The van der Waals surface area contributed by atoms with Crippen molar-refractivity contribution in [2.24, 2.45) is 0 Å². The SMILES string of the molecule is COCCn1cc(C(=O)N[C@H]2CCOC(C)(C)C2)c2ccccc21. The smallest absolute Gasteiger partial charge is 0.253 e. The normalized spacial score (nSPS) is 20.2. The summed E-state index contributed by atoms with van der Waals surface area (Å²) in [7, 11) is 1.69. The number of ether oxygens (including phenoxy) is 2. The van der Waals surface area contributed by atoms with E-state index in [1.54, 1.807) is 7.11 Å². The Labute approximate surface area is 142 Å². The number of hydrogen-bond acceptors (Lipinski definition) is 3. The summed E-state index contributed by atoms with van der Waals surface area (Å²) in [6.45, 7) is 6.18. The van der Waals surface area contributed by atoms with Crippen LogP contribution in [0.2, 0.25) is 0 Å². The molecule has 24 heavy (non-hydrogen) atoms. The van der Waals surface area contributed by atoms with Gasteiger partial charge >= 0.3 is 0 Å². The highest BCUT2D eigenvalue weighted by Gasteiger charge is 2.30. The fourth-order valence-corrected chi connectivity index (χ4v) is 3.42. The number of amides is 1. The fraction of sp³-hybridized carbons (Fsp3) is 0.526. The number of methoxy groups -OCH3 is 1. The van der Waals surface area contributed by atoms with Crippen LogP contribution in [0.15, 0.2) is 30.5 Å². The standard InChI is InChI=1S/C19H26N2O3/c1-19(2)12-14(8-10-24-19)20-18(22)16-13-21(9-11-23-3)17-7-5-4-6-15(16)17/h4-7,13-14H,8-12H2,1-3H3,(H,20,22)/t14-/m0/s1. The van der Waals surface area contributed by atoms with Gasteiger partial charge in [0.25, 0.3) is 5.91 Å². The van der Waals surface area contributed by atoms with Crippen molar-refractivity contribution in [2.75, 3.05) is 20.3 Å². The monoisotopic (exact) mass is 330 g/mol. The van der Waals surface area contributed by atoms with E-state index < -0.39 is 0 Å². The van der Waals surface area contributed by atoms with Crippen molar-refractivity contribution in [3.63, 3.8) is 0 Å². The van der Waals surface area contributed by atoms with Crippen LogP contribution in [0.1, 0.15) is 37.0 Å². The van der Waals surface area contributed by atoms with Gasteiger partial charge in [-0.25, -0.2) is 0 Å². The van der Waals surface area contributed by atoms with Gasteiger partial charge in [0, 0.05) is 43.4 Å². The molecule has 0 radical (unpaired) electrons. The Bertz CT molecular complexity index is 720. The molecule has 5 nitrogen and oxygen atoms in total. The Kier molecular flexibility index (Phi) is 4.92. The first-order valence-electron chi connectivity index (χ1n) is 8.52. The minimum Gasteiger partial charge on any atom is -0.383 e. The number of rotatable bonds is 5. The first kappa shape index (κ1) is 17.0. The molecule has 5 heteroatoms. The quantitative estimate of drug-likeness (QED) is 0.917. The lowest BCUT2D eigenvalue weighted by Crippen LogP contribution is -2.45. The molecule has 0 bridgehead atoms. The third kappa shape index (κ3) is 3.62. The van der Waals surface area contributed by atoms with Gasteiger partial charge in [-0.2, -0.15) is 0 Å². The fourth-order valence-electron chi connectivity index (χ4n) is 3.42. The maximum Gasteiger partial charge on any atom is 0.253 e. The van der Waals surface area contributed by atoms with Crippen molar-refractivity contribution < 1.29 is 14.3 Å². The molecule has 1 aromatic heterocycles. The molecule has 0 aliphatic carbocycles. The summed E-state index contributed by atoms with van der Waals surface area (Å²) in [5.41, 5.74) is 1.61. The zero-order valence-electron chi connectivity index (χ0n) is 14.7. The number of hydrogen-bond donors (Lipinski definition) is 1. The van der Waals surface area contributed by atoms with E-state index in [4.69, 9.17) is 9.47 Å². The summed E-state index contributed by atoms with van der Waals surface area (Å²) in [4.78, 5) is 12.8. The van der Waals surface area contributed by atoms with E-state index >= 15 is 0 Å². The molecule has 2 heterocycles. The van der Waals surface area contributed by atoms with Crippen LogP contribution < -0.4 is 5.32 Å². The first-order chi connectivity index (χ1) is 11.5. The molecule has 1 saturated heterocycles. The maximum atomic E-state index is 12.8. The molecule has 0 saturated carbocycles. The molecule has 130 valence electrons. The van der Waals surface area contributed by atoms with E-state index in [-0.39, 0.29) is 17.6 Å². The zero-order valence-corrected chi connectivity index (χ0v) is 14.7. The van der Waals surface area contributed by atoms with Gasteiger partial charge in [-0.05, 0) is 32.8 Å². The molecule has 1 amide bonds. The Morgan fingerprint density at radius 2 is 2.21 bits per heavy atom. The molecule has 1 fully saturated rings. The molecule has 1 aromatic carbocycles.